The molecule has 2 N–H and O–H groups in total. The molecular formula is C19H19N3O2. The smallest absolute Gasteiger partial charge is 0.228 e. The van der Waals surface area contributed by atoms with Crippen LogP contribution in [0, 0.1) is 13.8 Å². The highest BCUT2D eigenvalue weighted by molar-refractivity contribution is 5.92. The maximum atomic E-state index is 12.1. The predicted octanol–water partition coefficient (Wildman–Crippen LogP) is 3.38. The fourth-order valence-electron chi connectivity index (χ4n) is 2.47. The lowest BCUT2D eigenvalue weighted by Gasteiger charge is -2.09. The number of carbonyl (C=O) groups is 1. The summed E-state index contributed by atoms with van der Waals surface area (Å²) in [6.45, 7) is 4.00. The van der Waals surface area contributed by atoms with Crippen LogP contribution in [0.5, 0.6) is 5.75 Å². The molecule has 122 valence electrons. The third kappa shape index (κ3) is 3.46. The van der Waals surface area contributed by atoms with Gasteiger partial charge in [0, 0.05) is 17.1 Å². The van der Waals surface area contributed by atoms with Crippen molar-refractivity contribution in [2.45, 2.75) is 20.3 Å². The molecule has 0 radical (unpaired) electrons. The van der Waals surface area contributed by atoms with Crippen LogP contribution in [0.25, 0.3) is 5.69 Å². The van der Waals surface area contributed by atoms with Crippen LogP contribution in [0.3, 0.4) is 0 Å². The van der Waals surface area contributed by atoms with Crippen LogP contribution in [-0.4, -0.2) is 20.6 Å². The molecule has 0 spiro atoms. The van der Waals surface area contributed by atoms with Crippen LogP contribution in [0.4, 0.5) is 5.69 Å². The molecule has 24 heavy (non-hydrogen) atoms. The Bertz CT molecular complexity index is 849. The molecule has 0 atom stereocenters. The Morgan fingerprint density at radius 2 is 1.75 bits per heavy atom. The SMILES string of the molecule is Cc1ncn(-c2ccc(NC(=O)Cc3ccc(O)cc3)cc2)c1C. The van der Waals surface area contributed by atoms with Crippen LogP contribution < -0.4 is 5.32 Å². The molecule has 0 aliphatic heterocycles. The third-order valence-electron chi connectivity index (χ3n) is 3.98. The number of hydrogen-bond donors (Lipinski definition) is 2. The highest BCUT2D eigenvalue weighted by atomic mass is 16.3. The third-order valence-corrected chi connectivity index (χ3v) is 3.98. The number of carbonyl (C=O) groups excluding carboxylic acids is 1. The fourth-order valence-corrected chi connectivity index (χ4v) is 2.47. The first kappa shape index (κ1) is 15.8. The summed E-state index contributed by atoms with van der Waals surface area (Å²) in [5.41, 5.74) is 4.70. The number of phenolic OH excluding ortho intramolecular Hbond substituents is 1. The van der Waals surface area contributed by atoms with E-state index in [4.69, 9.17) is 0 Å². The standard InChI is InChI=1S/C19H19N3O2/c1-13-14(2)22(12-20-13)17-7-5-16(6-8-17)21-19(24)11-15-3-9-18(23)10-4-15/h3-10,12,23H,11H2,1-2H3,(H,21,24). The lowest BCUT2D eigenvalue weighted by atomic mass is 10.1. The lowest BCUT2D eigenvalue weighted by Crippen LogP contribution is -2.14. The molecule has 0 fully saturated rings. The summed E-state index contributed by atoms with van der Waals surface area (Å²) < 4.78 is 2.01. The molecule has 0 saturated carbocycles. The zero-order valence-electron chi connectivity index (χ0n) is 13.7. The molecule has 2 aromatic carbocycles. The second kappa shape index (κ2) is 6.58. The van der Waals surface area contributed by atoms with E-state index in [1.807, 2.05) is 42.7 Å². The molecule has 5 heteroatoms. The van der Waals surface area contributed by atoms with E-state index in [9.17, 15) is 9.90 Å². The number of anilines is 1. The number of hydrogen-bond acceptors (Lipinski definition) is 3. The highest BCUT2D eigenvalue weighted by Gasteiger charge is 2.07. The summed E-state index contributed by atoms with van der Waals surface area (Å²) >= 11 is 0. The maximum absolute atomic E-state index is 12.1. The van der Waals surface area contributed by atoms with Crippen molar-refractivity contribution in [2.75, 3.05) is 5.32 Å². The molecule has 5 nitrogen and oxygen atoms in total. The maximum Gasteiger partial charge on any atom is 0.228 e. The van der Waals surface area contributed by atoms with Gasteiger partial charge in [0.2, 0.25) is 5.91 Å². The molecule has 0 bridgehead atoms. The minimum absolute atomic E-state index is 0.0944. The van der Waals surface area contributed by atoms with Crippen molar-refractivity contribution in [1.82, 2.24) is 9.55 Å². The second-order valence-corrected chi connectivity index (χ2v) is 5.72. The van der Waals surface area contributed by atoms with E-state index in [1.54, 1.807) is 30.6 Å². The number of benzene rings is 2. The van der Waals surface area contributed by atoms with E-state index in [0.29, 0.717) is 0 Å². The van der Waals surface area contributed by atoms with Gasteiger partial charge in [-0.05, 0) is 55.8 Å². The monoisotopic (exact) mass is 321 g/mol. The van der Waals surface area contributed by atoms with Gasteiger partial charge in [0.25, 0.3) is 0 Å². The van der Waals surface area contributed by atoms with Crippen molar-refractivity contribution in [3.63, 3.8) is 0 Å². The average Bonchev–Trinajstić information content (AvgIpc) is 2.90. The van der Waals surface area contributed by atoms with E-state index in [2.05, 4.69) is 10.3 Å². The van der Waals surface area contributed by atoms with Crippen molar-refractivity contribution in [3.8, 4) is 11.4 Å². The Balaban J connectivity index is 1.66. The van der Waals surface area contributed by atoms with Crippen LogP contribution >= 0.6 is 0 Å². The largest absolute Gasteiger partial charge is 0.508 e. The quantitative estimate of drug-likeness (QED) is 0.774. The minimum Gasteiger partial charge on any atom is -0.508 e. The summed E-state index contributed by atoms with van der Waals surface area (Å²) in [5, 5.41) is 12.1. The van der Waals surface area contributed by atoms with Gasteiger partial charge < -0.3 is 15.0 Å². The second-order valence-electron chi connectivity index (χ2n) is 5.72. The van der Waals surface area contributed by atoms with E-state index in [-0.39, 0.29) is 18.1 Å². The van der Waals surface area contributed by atoms with Gasteiger partial charge in [-0.2, -0.15) is 0 Å². The van der Waals surface area contributed by atoms with Gasteiger partial charge in [0.1, 0.15) is 5.75 Å². The first-order valence-electron chi connectivity index (χ1n) is 7.71. The Labute approximate surface area is 140 Å². The number of aromatic hydroxyl groups is 1. The molecule has 1 aromatic heterocycles. The van der Waals surface area contributed by atoms with Gasteiger partial charge >= 0.3 is 0 Å². The topological polar surface area (TPSA) is 67.2 Å². The molecular weight excluding hydrogens is 302 g/mol. The summed E-state index contributed by atoms with van der Waals surface area (Å²) in [5.74, 6) is 0.0999. The van der Waals surface area contributed by atoms with Crippen molar-refractivity contribution in [2.24, 2.45) is 0 Å². The van der Waals surface area contributed by atoms with E-state index < -0.39 is 0 Å². The van der Waals surface area contributed by atoms with Gasteiger partial charge in [0.05, 0.1) is 18.4 Å². The number of nitrogens with one attached hydrogen (secondary N) is 1. The predicted molar refractivity (Wildman–Crippen MR) is 93.5 cm³/mol. The number of phenols is 1. The van der Waals surface area contributed by atoms with Crippen LogP contribution in [-0.2, 0) is 11.2 Å². The van der Waals surface area contributed by atoms with Gasteiger partial charge in [0.15, 0.2) is 0 Å². The van der Waals surface area contributed by atoms with Gasteiger partial charge in [-0.1, -0.05) is 12.1 Å². The Kier molecular flexibility index (Phi) is 4.33. The molecule has 0 aliphatic rings. The van der Waals surface area contributed by atoms with Gasteiger partial charge in [-0.15, -0.1) is 0 Å². The highest BCUT2D eigenvalue weighted by Crippen LogP contribution is 2.17. The lowest BCUT2D eigenvalue weighted by molar-refractivity contribution is -0.115. The van der Waals surface area contributed by atoms with Crippen molar-refractivity contribution < 1.29 is 9.90 Å². The molecule has 3 aromatic rings. The van der Waals surface area contributed by atoms with E-state index in [1.165, 1.54) is 0 Å². The summed E-state index contributed by atoms with van der Waals surface area (Å²) in [6, 6.07) is 14.3. The number of aromatic nitrogens is 2. The zero-order chi connectivity index (χ0) is 17.1. The van der Waals surface area contributed by atoms with Gasteiger partial charge in [-0.3, -0.25) is 4.79 Å². The molecule has 0 unspecified atom stereocenters. The van der Waals surface area contributed by atoms with Crippen molar-refractivity contribution >= 4 is 11.6 Å². The normalized spacial score (nSPS) is 10.6. The first-order valence-corrected chi connectivity index (χ1v) is 7.71. The Morgan fingerprint density at radius 1 is 1.08 bits per heavy atom. The summed E-state index contributed by atoms with van der Waals surface area (Å²) in [4.78, 5) is 16.4. The number of nitrogens with zero attached hydrogens (tertiary/aromatic N) is 2. The zero-order valence-corrected chi connectivity index (χ0v) is 13.7. The molecule has 3 rings (SSSR count). The molecule has 0 aliphatic carbocycles. The molecule has 1 heterocycles. The van der Waals surface area contributed by atoms with E-state index in [0.717, 1.165) is 28.3 Å². The number of aryl methyl sites for hydroxylation is 1. The first-order chi connectivity index (χ1) is 11.5. The average molecular weight is 321 g/mol. The van der Waals surface area contributed by atoms with Crippen molar-refractivity contribution in [1.29, 1.82) is 0 Å². The van der Waals surface area contributed by atoms with E-state index >= 15 is 0 Å². The molecule has 0 saturated heterocycles. The van der Waals surface area contributed by atoms with Crippen LogP contribution in [0.1, 0.15) is 17.0 Å². The fraction of sp³-hybridized carbons (Fsp3) is 0.158. The summed E-state index contributed by atoms with van der Waals surface area (Å²) in [7, 11) is 0. The number of rotatable bonds is 4. The number of amides is 1. The summed E-state index contributed by atoms with van der Waals surface area (Å²) in [6.07, 6.45) is 2.06. The van der Waals surface area contributed by atoms with Gasteiger partial charge in [-0.25, -0.2) is 4.98 Å². The minimum atomic E-state index is -0.0944. The van der Waals surface area contributed by atoms with Crippen molar-refractivity contribution in [3.05, 3.63) is 71.8 Å². The van der Waals surface area contributed by atoms with Crippen LogP contribution in [0.2, 0.25) is 0 Å². The molecule has 1 amide bonds. The Morgan fingerprint density at radius 3 is 2.33 bits per heavy atom. The Hall–Kier alpha value is -3.08. The number of imidazole rings is 1. The van der Waals surface area contributed by atoms with Crippen LogP contribution in [0.15, 0.2) is 54.9 Å².